The highest BCUT2D eigenvalue weighted by atomic mass is 32.1. The number of methoxy groups -OCH3 is 1. The van der Waals surface area contributed by atoms with E-state index in [-0.39, 0.29) is 4.88 Å². The summed E-state index contributed by atoms with van der Waals surface area (Å²) in [7, 11) is 1.59. The molecule has 18 heavy (non-hydrogen) atoms. The van der Waals surface area contributed by atoms with Crippen LogP contribution in [0, 0.1) is 0 Å². The summed E-state index contributed by atoms with van der Waals surface area (Å²) in [5, 5.41) is 10.0. The first kappa shape index (κ1) is 12.6. The van der Waals surface area contributed by atoms with E-state index >= 15 is 0 Å². The van der Waals surface area contributed by atoms with Crippen molar-refractivity contribution < 1.29 is 14.6 Å². The second-order valence-corrected chi connectivity index (χ2v) is 4.76. The van der Waals surface area contributed by atoms with Crippen molar-refractivity contribution in [3.63, 3.8) is 0 Å². The van der Waals surface area contributed by atoms with Gasteiger partial charge in [0.05, 0.1) is 17.8 Å². The Hall–Kier alpha value is -1.88. The van der Waals surface area contributed by atoms with Crippen LogP contribution in [-0.4, -0.2) is 23.2 Å². The molecular weight excluding hydrogens is 250 g/mol. The first-order chi connectivity index (χ1) is 8.65. The molecule has 4 nitrogen and oxygen atoms in total. The molecule has 0 saturated heterocycles. The van der Waals surface area contributed by atoms with Crippen LogP contribution < -0.4 is 4.74 Å². The molecule has 0 bridgehead atoms. The van der Waals surface area contributed by atoms with Gasteiger partial charge in [0.2, 0.25) is 0 Å². The maximum Gasteiger partial charge on any atom is 0.348 e. The van der Waals surface area contributed by atoms with Gasteiger partial charge in [0.15, 0.2) is 0 Å². The molecule has 0 aliphatic heterocycles. The second kappa shape index (κ2) is 5.18. The van der Waals surface area contributed by atoms with Crippen LogP contribution in [0.3, 0.4) is 0 Å². The third-order valence-electron chi connectivity index (χ3n) is 2.53. The summed E-state index contributed by atoms with van der Waals surface area (Å²) in [5.74, 6) is -0.195. The second-order valence-electron chi connectivity index (χ2n) is 3.67. The summed E-state index contributed by atoms with van der Waals surface area (Å²) < 4.78 is 5.07. The lowest BCUT2D eigenvalue weighted by Gasteiger charge is -2.01. The number of hydrogen-bond acceptors (Lipinski definition) is 4. The van der Waals surface area contributed by atoms with Gasteiger partial charge in [-0.3, -0.25) is 0 Å². The van der Waals surface area contributed by atoms with Crippen LogP contribution in [0.15, 0.2) is 24.3 Å². The van der Waals surface area contributed by atoms with Gasteiger partial charge in [-0.1, -0.05) is 6.92 Å². The van der Waals surface area contributed by atoms with Crippen LogP contribution in [0.25, 0.3) is 11.3 Å². The molecular formula is C13H13NO3S. The van der Waals surface area contributed by atoms with Gasteiger partial charge in [-0.15, -0.1) is 11.3 Å². The molecule has 0 radical (unpaired) electrons. The van der Waals surface area contributed by atoms with Crippen molar-refractivity contribution in [3.8, 4) is 17.0 Å². The topological polar surface area (TPSA) is 59.4 Å². The molecule has 0 aliphatic carbocycles. The fourth-order valence-corrected chi connectivity index (χ4v) is 2.47. The van der Waals surface area contributed by atoms with E-state index in [4.69, 9.17) is 4.74 Å². The number of carboxylic acids is 1. The van der Waals surface area contributed by atoms with Crippen molar-refractivity contribution in [2.24, 2.45) is 0 Å². The minimum atomic E-state index is -0.932. The van der Waals surface area contributed by atoms with Gasteiger partial charge < -0.3 is 9.84 Å². The number of thiazole rings is 1. The molecule has 1 aromatic heterocycles. The Balaban J connectivity index is 2.47. The molecule has 0 spiro atoms. The summed E-state index contributed by atoms with van der Waals surface area (Å²) in [4.78, 5) is 15.9. The lowest BCUT2D eigenvalue weighted by Crippen LogP contribution is -1.95. The molecule has 0 amide bonds. The number of ether oxygens (including phenoxy) is 1. The molecule has 1 heterocycles. The van der Waals surface area contributed by atoms with Crippen LogP contribution in [0.1, 0.15) is 21.6 Å². The molecule has 0 unspecified atom stereocenters. The molecule has 2 aromatic rings. The van der Waals surface area contributed by atoms with E-state index in [1.807, 2.05) is 19.1 Å². The number of rotatable bonds is 4. The van der Waals surface area contributed by atoms with E-state index in [0.717, 1.165) is 22.7 Å². The largest absolute Gasteiger partial charge is 0.497 e. The van der Waals surface area contributed by atoms with Gasteiger partial charge in [-0.05, 0) is 30.7 Å². The Morgan fingerprint density at radius 3 is 2.56 bits per heavy atom. The number of carboxylic acid groups (broad SMARTS) is 1. The molecule has 0 fully saturated rings. The number of carbonyl (C=O) groups is 1. The normalized spacial score (nSPS) is 10.3. The smallest absolute Gasteiger partial charge is 0.348 e. The molecule has 1 N–H and O–H groups in total. The fourth-order valence-electron chi connectivity index (χ4n) is 1.61. The van der Waals surface area contributed by atoms with Crippen molar-refractivity contribution in [2.75, 3.05) is 7.11 Å². The van der Waals surface area contributed by atoms with Crippen LogP contribution in [0.4, 0.5) is 0 Å². The molecule has 1 aromatic carbocycles. The third-order valence-corrected chi connectivity index (χ3v) is 3.72. The summed E-state index contributed by atoms with van der Waals surface area (Å²) in [5.41, 5.74) is 1.33. The van der Waals surface area contributed by atoms with E-state index in [0.29, 0.717) is 5.69 Å². The average molecular weight is 263 g/mol. The zero-order chi connectivity index (χ0) is 13.1. The van der Waals surface area contributed by atoms with Gasteiger partial charge in [0.1, 0.15) is 10.6 Å². The minimum absolute atomic E-state index is 0.289. The van der Waals surface area contributed by atoms with Gasteiger partial charge in [0.25, 0.3) is 0 Å². The summed E-state index contributed by atoms with van der Waals surface area (Å²) in [6, 6.07) is 7.23. The number of nitrogens with zero attached hydrogens (tertiary/aromatic N) is 1. The molecule has 0 saturated carbocycles. The molecule has 0 atom stereocenters. The number of benzene rings is 1. The number of hydrogen-bond donors (Lipinski definition) is 1. The van der Waals surface area contributed by atoms with E-state index in [1.165, 1.54) is 11.3 Å². The van der Waals surface area contributed by atoms with Crippen LogP contribution in [0.2, 0.25) is 0 Å². The maximum absolute atomic E-state index is 11.2. The lowest BCUT2D eigenvalue weighted by atomic mass is 10.1. The monoisotopic (exact) mass is 263 g/mol. The highest BCUT2D eigenvalue weighted by Gasteiger charge is 2.17. The molecule has 94 valence electrons. The van der Waals surface area contributed by atoms with Crippen LogP contribution in [0.5, 0.6) is 5.75 Å². The van der Waals surface area contributed by atoms with Crippen molar-refractivity contribution in [1.29, 1.82) is 0 Å². The van der Waals surface area contributed by atoms with Gasteiger partial charge in [0, 0.05) is 5.56 Å². The molecule has 0 aliphatic rings. The summed E-state index contributed by atoms with van der Waals surface area (Å²) >= 11 is 1.23. The van der Waals surface area contributed by atoms with E-state index in [2.05, 4.69) is 4.98 Å². The lowest BCUT2D eigenvalue weighted by molar-refractivity contribution is 0.0702. The van der Waals surface area contributed by atoms with E-state index in [9.17, 15) is 9.90 Å². The standard InChI is InChI=1S/C13H13NO3S/c1-3-10-14-11(12(18-10)13(15)16)8-4-6-9(17-2)7-5-8/h4-7H,3H2,1-2H3,(H,15,16). The molecule has 5 heteroatoms. The fraction of sp³-hybridized carbons (Fsp3) is 0.231. The summed E-state index contributed by atoms with van der Waals surface area (Å²) in [6.45, 7) is 1.96. The Morgan fingerprint density at radius 2 is 2.06 bits per heavy atom. The van der Waals surface area contributed by atoms with Gasteiger partial charge >= 0.3 is 5.97 Å². The van der Waals surface area contributed by atoms with Crippen molar-refractivity contribution in [1.82, 2.24) is 4.98 Å². The zero-order valence-electron chi connectivity index (χ0n) is 10.1. The predicted molar refractivity (Wildman–Crippen MR) is 70.4 cm³/mol. The highest BCUT2D eigenvalue weighted by molar-refractivity contribution is 7.14. The first-order valence-electron chi connectivity index (χ1n) is 5.53. The van der Waals surface area contributed by atoms with Gasteiger partial charge in [-0.25, -0.2) is 9.78 Å². The minimum Gasteiger partial charge on any atom is -0.497 e. The zero-order valence-corrected chi connectivity index (χ0v) is 11.0. The number of aromatic nitrogens is 1. The SMILES string of the molecule is CCc1nc(-c2ccc(OC)cc2)c(C(=O)O)s1. The third kappa shape index (κ3) is 2.36. The Labute approximate surface area is 109 Å². The van der Waals surface area contributed by atoms with Gasteiger partial charge in [-0.2, -0.15) is 0 Å². The van der Waals surface area contributed by atoms with Crippen molar-refractivity contribution in [2.45, 2.75) is 13.3 Å². The summed E-state index contributed by atoms with van der Waals surface area (Å²) in [6.07, 6.45) is 0.737. The quantitative estimate of drug-likeness (QED) is 0.920. The maximum atomic E-state index is 11.2. The highest BCUT2D eigenvalue weighted by Crippen LogP contribution is 2.29. The Morgan fingerprint density at radius 1 is 1.39 bits per heavy atom. The number of aromatic carboxylic acids is 1. The molecule has 2 rings (SSSR count). The Bertz CT molecular complexity index is 560. The first-order valence-corrected chi connectivity index (χ1v) is 6.34. The van der Waals surface area contributed by atoms with Crippen LogP contribution in [-0.2, 0) is 6.42 Å². The van der Waals surface area contributed by atoms with Crippen molar-refractivity contribution in [3.05, 3.63) is 34.2 Å². The van der Waals surface area contributed by atoms with Crippen LogP contribution >= 0.6 is 11.3 Å². The van der Waals surface area contributed by atoms with E-state index in [1.54, 1.807) is 19.2 Å². The predicted octanol–water partition coefficient (Wildman–Crippen LogP) is 3.08. The Kier molecular flexibility index (Phi) is 3.62. The number of aryl methyl sites for hydroxylation is 1. The average Bonchev–Trinajstić information content (AvgIpc) is 2.83. The van der Waals surface area contributed by atoms with Crippen molar-refractivity contribution >= 4 is 17.3 Å². The van der Waals surface area contributed by atoms with E-state index < -0.39 is 5.97 Å².